The first-order valence-electron chi connectivity index (χ1n) is 5.30. The number of nitrogens with one attached hydrogen (secondary N) is 1. The molecule has 0 fully saturated rings. The molecular weight excluding hydrogens is 293 g/mol. The second kappa shape index (κ2) is 6.23. The van der Waals surface area contributed by atoms with Crippen molar-refractivity contribution in [3.63, 3.8) is 0 Å². The summed E-state index contributed by atoms with van der Waals surface area (Å²) in [6.45, 7) is 1.20. The minimum Gasteiger partial charge on any atom is -0.479 e. The molecule has 2 N–H and O–H groups in total. The molecule has 104 valence electrons. The monoisotopic (exact) mass is 305 g/mol. The van der Waals surface area contributed by atoms with E-state index in [0.717, 1.165) is 0 Å². The molecule has 19 heavy (non-hydrogen) atoms. The Labute approximate surface area is 120 Å². The predicted octanol–water partition coefficient (Wildman–Crippen LogP) is 2.21. The average molecular weight is 306 g/mol. The average Bonchev–Trinajstić information content (AvgIpc) is 2.32. The topological polar surface area (TPSA) is 75.6 Å². The van der Waals surface area contributed by atoms with Crippen LogP contribution in [0, 0.1) is 0 Å². The number of halogens is 2. The van der Waals surface area contributed by atoms with Crippen molar-refractivity contribution in [2.75, 3.05) is 13.7 Å². The van der Waals surface area contributed by atoms with Gasteiger partial charge in [-0.15, -0.1) is 0 Å². The highest BCUT2D eigenvalue weighted by Gasteiger charge is 2.35. The van der Waals surface area contributed by atoms with Crippen molar-refractivity contribution in [2.24, 2.45) is 0 Å². The highest BCUT2D eigenvalue weighted by Crippen LogP contribution is 2.22. The van der Waals surface area contributed by atoms with Crippen molar-refractivity contribution < 1.29 is 19.4 Å². The lowest BCUT2D eigenvalue weighted by molar-refractivity contribution is -0.145. The first-order chi connectivity index (χ1) is 8.80. The van der Waals surface area contributed by atoms with Gasteiger partial charge in [0.25, 0.3) is 5.91 Å². The first-order valence-corrected chi connectivity index (χ1v) is 6.05. The van der Waals surface area contributed by atoms with Crippen LogP contribution in [0.25, 0.3) is 0 Å². The van der Waals surface area contributed by atoms with E-state index in [1.165, 1.54) is 32.2 Å². The number of carbonyl (C=O) groups is 2. The van der Waals surface area contributed by atoms with E-state index in [2.05, 4.69) is 5.32 Å². The lowest BCUT2D eigenvalue weighted by atomic mass is 10.0. The number of hydrogen-bond donors (Lipinski definition) is 2. The predicted molar refractivity (Wildman–Crippen MR) is 71.8 cm³/mol. The van der Waals surface area contributed by atoms with Gasteiger partial charge >= 0.3 is 5.97 Å². The van der Waals surface area contributed by atoms with Crippen LogP contribution in [0.2, 0.25) is 10.0 Å². The zero-order chi connectivity index (χ0) is 14.6. The van der Waals surface area contributed by atoms with Crippen molar-refractivity contribution >= 4 is 35.1 Å². The fraction of sp³-hybridized carbons (Fsp3) is 0.333. The number of benzene rings is 1. The van der Waals surface area contributed by atoms with E-state index in [0.29, 0.717) is 5.02 Å². The van der Waals surface area contributed by atoms with E-state index >= 15 is 0 Å². The molecule has 0 aliphatic rings. The van der Waals surface area contributed by atoms with Crippen LogP contribution < -0.4 is 5.32 Å². The third-order valence-corrected chi connectivity index (χ3v) is 3.22. The number of carboxylic acid groups (broad SMARTS) is 1. The van der Waals surface area contributed by atoms with Crippen LogP contribution >= 0.6 is 23.2 Å². The standard InChI is InChI=1S/C12H13Cl2NO4/c1-12(6-19-2,11(17)18)15-10(16)7-3-4-8(13)9(14)5-7/h3-5H,6H2,1-2H3,(H,15,16)(H,17,18). The molecular formula is C12H13Cl2NO4. The van der Waals surface area contributed by atoms with Gasteiger partial charge in [-0.05, 0) is 25.1 Å². The molecule has 1 aromatic rings. The Hall–Kier alpha value is -1.30. The molecule has 0 heterocycles. The van der Waals surface area contributed by atoms with E-state index < -0.39 is 17.4 Å². The SMILES string of the molecule is COCC(C)(NC(=O)c1ccc(Cl)c(Cl)c1)C(=O)O. The van der Waals surface area contributed by atoms with Gasteiger partial charge in [0.05, 0.1) is 16.7 Å². The Morgan fingerprint density at radius 3 is 2.47 bits per heavy atom. The molecule has 1 rings (SSSR count). The molecule has 5 nitrogen and oxygen atoms in total. The van der Waals surface area contributed by atoms with Crippen molar-refractivity contribution in [1.82, 2.24) is 5.32 Å². The van der Waals surface area contributed by atoms with Gasteiger partial charge in [0, 0.05) is 12.7 Å². The van der Waals surface area contributed by atoms with E-state index in [-0.39, 0.29) is 17.2 Å². The number of carboxylic acids is 1. The molecule has 0 radical (unpaired) electrons. The Kier molecular flexibility index (Phi) is 5.17. The molecule has 0 aliphatic heterocycles. The fourth-order valence-corrected chi connectivity index (χ4v) is 1.70. The Morgan fingerprint density at radius 1 is 1.37 bits per heavy atom. The lowest BCUT2D eigenvalue weighted by Crippen LogP contribution is -2.55. The summed E-state index contributed by atoms with van der Waals surface area (Å²) in [5.74, 6) is -1.76. The third kappa shape index (κ3) is 3.83. The Bertz CT molecular complexity index is 507. The van der Waals surface area contributed by atoms with E-state index in [1.807, 2.05) is 0 Å². The van der Waals surface area contributed by atoms with Crippen LogP contribution in [0.3, 0.4) is 0 Å². The normalized spacial score (nSPS) is 13.7. The number of rotatable bonds is 5. The smallest absolute Gasteiger partial charge is 0.331 e. The molecule has 1 atom stereocenters. The lowest BCUT2D eigenvalue weighted by Gasteiger charge is -2.25. The Morgan fingerprint density at radius 2 is 2.00 bits per heavy atom. The first kappa shape index (κ1) is 15.8. The quantitative estimate of drug-likeness (QED) is 0.874. The molecule has 0 aliphatic carbocycles. The molecule has 0 bridgehead atoms. The number of carbonyl (C=O) groups excluding carboxylic acids is 1. The van der Waals surface area contributed by atoms with Crippen molar-refractivity contribution in [3.8, 4) is 0 Å². The summed E-state index contributed by atoms with van der Waals surface area (Å²) in [6.07, 6.45) is 0. The summed E-state index contributed by atoms with van der Waals surface area (Å²) >= 11 is 11.5. The van der Waals surface area contributed by atoms with Crippen LogP contribution in [-0.4, -0.2) is 36.2 Å². The van der Waals surface area contributed by atoms with Gasteiger partial charge in [-0.3, -0.25) is 4.79 Å². The molecule has 7 heteroatoms. The molecule has 0 spiro atoms. The molecule has 0 saturated carbocycles. The summed E-state index contributed by atoms with van der Waals surface area (Å²) < 4.78 is 4.81. The maximum absolute atomic E-state index is 12.0. The summed E-state index contributed by atoms with van der Waals surface area (Å²) in [7, 11) is 1.35. The van der Waals surface area contributed by atoms with Crippen LogP contribution in [0.1, 0.15) is 17.3 Å². The van der Waals surface area contributed by atoms with Crippen LogP contribution in [0.4, 0.5) is 0 Å². The number of hydrogen-bond acceptors (Lipinski definition) is 3. The van der Waals surface area contributed by atoms with Gasteiger partial charge in [0.2, 0.25) is 0 Å². The summed E-state index contributed by atoms with van der Waals surface area (Å²) in [4.78, 5) is 23.1. The van der Waals surface area contributed by atoms with Gasteiger partial charge in [-0.25, -0.2) is 4.79 Å². The fourth-order valence-electron chi connectivity index (χ4n) is 1.40. The molecule has 0 saturated heterocycles. The van der Waals surface area contributed by atoms with Crippen LogP contribution in [-0.2, 0) is 9.53 Å². The largest absolute Gasteiger partial charge is 0.479 e. The van der Waals surface area contributed by atoms with Gasteiger partial charge < -0.3 is 15.2 Å². The number of methoxy groups -OCH3 is 1. The number of amides is 1. The van der Waals surface area contributed by atoms with Gasteiger partial charge in [0.1, 0.15) is 0 Å². The molecule has 1 aromatic carbocycles. The molecule has 0 aromatic heterocycles. The zero-order valence-corrected chi connectivity index (χ0v) is 11.9. The minimum absolute atomic E-state index is 0.157. The van der Waals surface area contributed by atoms with Crippen molar-refractivity contribution in [3.05, 3.63) is 33.8 Å². The third-order valence-electron chi connectivity index (χ3n) is 2.48. The second-order valence-electron chi connectivity index (χ2n) is 4.15. The maximum Gasteiger partial charge on any atom is 0.331 e. The van der Waals surface area contributed by atoms with Crippen molar-refractivity contribution in [2.45, 2.75) is 12.5 Å². The van der Waals surface area contributed by atoms with E-state index in [9.17, 15) is 9.59 Å². The van der Waals surface area contributed by atoms with Crippen LogP contribution in [0.15, 0.2) is 18.2 Å². The molecule has 1 unspecified atom stereocenters. The zero-order valence-electron chi connectivity index (χ0n) is 10.4. The second-order valence-corrected chi connectivity index (χ2v) is 4.97. The van der Waals surface area contributed by atoms with E-state index in [1.54, 1.807) is 0 Å². The number of ether oxygens (including phenoxy) is 1. The maximum atomic E-state index is 12.0. The number of aliphatic carboxylic acids is 1. The van der Waals surface area contributed by atoms with Gasteiger partial charge in [-0.1, -0.05) is 23.2 Å². The summed E-state index contributed by atoms with van der Waals surface area (Å²) in [5.41, 5.74) is -1.30. The minimum atomic E-state index is -1.52. The van der Waals surface area contributed by atoms with Crippen LogP contribution in [0.5, 0.6) is 0 Å². The Balaban J connectivity index is 2.94. The summed E-state index contributed by atoms with van der Waals surface area (Å²) in [5, 5.41) is 12.0. The summed E-state index contributed by atoms with van der Waals surface area (Å²) in [6, 6.07) is 4.29. The van der Waals surface area contributed by atoms with Gasteiger partial charge in [0.15, 0.2) is 5.54 Å². The van der Waals surface area contributed by atoms with Crippen molar-refractivity contribution in [1.29, 1.82) is 0 Å². The highest BCUT2D eigenvalue weighted by atomic mass is 35.5. The molecule has 1 amide bonds. The van der Waals surface area contributed by atoms with E-state index in [4.69, 9.17) is 33.0 Å². The highest BCUT2D eigenvalue weighted by molar-refractivity contribution is 6.42. The van der Waals surface area contributed by atoms with Gasteiger partial charge in [-0.2, -0.15) is 0 Å².